The van der Waals surface area contributed by atoms with Gasteiger partial charge >= 0.3 is 12.0 Å². The number of hydrogen-bond donors (Lipinski definition) is 3. The standard InChI is InChI=1S/C11H20N2O5S/c1-11(9(14)15,8-4-5-8)13-10(16)12-6-3-7-19(2,17)18/h8H,3-7H2,1-2H3,(H,14,15)(H2,12,13,16). The highest BCUT2D eigenvalue weighted by atomic mass is 32.2. The second-order valence-corrected chi connectivity index (χ2v) is 7.41. The van der Waals surface area contributed by atoms with Gasteiger partial charge in [-0.2, -0.15) is 0 Å². The molecule has 19 heavy (non-hydrogen) atoms. The van der Waals surface area contributed by atoms with Crippen LogP contribution in [-0.4, -0.2) is 49.6 Å². The summed E-state index contributed by atoms with van der Waals surface area (Å²) in [5, 5.41) is 14.1. The molecule has 1 fully saturated rings. The van der Waals surface area contributed by atoms with Gasteiger partial charge in [0.15, 0.2) is 0 Å². The molecule has 0 aromatic carbocycles. The molecule has 0 aliphatic heterocycles. The first-order valence-corrected chi connectivity index (χ1v) is 8.18. The third kappa shape index (κ3) is 5.06. The van der Waals surface area contributed by atoms with Gasteiger partial charge in [-0.25, -0.2) is 18.0 Å². The Labute approximate surface area is 112 Å². The van der Waals surface area contributed by atoms with Crippen LogP contribution in [0, 0.1) is 5.92 Å². The first kappa shape index (κ1) is 15.7. The van der Waals surface area contributed by atoms with E-state index in [4.69, 9.17) is 5.11 Å². The molecule has 0 radical (unpaired) electrons. The third-order valence-corrected chi connectivity index (χ3v) is 4.22. The van der Waals surface area contributed by atoms with Crippen LogP contribution in [0.2, 0.25) is 0 Å². The fourth-order valence-electron chi connectivity index (χ4n) is 1.81. The van der Waals surface area contributed by atoms with Gasteiger partial charge in [-0.3, -0.25) is 0 Å². The summed E-state index contributed by atoms with van der Waals surface area (Å²) in [6.07, 6.45) is 3.01. The second kappa shape index (κ2) is 5.77. The molecule has 0 aromatic heterocycles. The molecule has 0 heterocycles. The van der Waals surface area contributed by atoms with Crippen LogP contribution in [0.3, 0.4) is 0 Å². The zero-order valence-corrected chi connectivity index (χ0v) is 11.9. The van der Waals surface area contributed by atoms with Crippen LogP contribution in [-0.2, 0) is 14.6 Å². The van der Waals surface area contributed by atoms with Gasteiger partial charge in [-0.15, -0.1) is 0 Å². The molecule has 1 rings (SSSR count). The van der Waals surface area contributed by atoms with Gasteiger partial charge < -0.3 is 15.7 Å². The molecule has 0 saturated heterocycles. The summed E-state index contributed by atoms with van der Waals surface area (Å²) in [4.78, 5) is 22.8. The Morgan fingerprint density at radius 1 is 1.37 bits per heavy atom. The van der Waals surface area contributed by atoms with E-state index in [1.165, 1.54) is 6.92 Å². The number of carboxylic acids is 1. The van der Waals surface area contributed by atoms with Gasteiger partial charge in [-0.05, 0) is 32.1 Å². The smallest absolute Gasteiger partial charge is 0.329 e. The summed E-state index contributed by atoms with van der Waals surface area (Å²) in [7, 11) is -3.04. The first-order valence-electron chi connectivity index (χ1n) is 6.12. The van der Waals surface area contributed by atoms with E-state index in [-0.39, 0.29) is 18.2 Å². The molecule has 3 N–H and O–H groups in total. The van der Waals surface area contributed by atoms with Crippen LogP contribution in [0.1, 0.15) is 26.2 Å². The Morgan fingerprint density at radius 2 is 1.95 bits per heavy atom. The number of hydrogen-bond acceptors (Lipinski definition) is 4. The molecule has 7 nitrogen and oxygen atoms in total. The van der Waals surface area contributed by atoms with Crippen LogP contribution >= 0.6 is 0 Å². The van der Waals surface area contributed by atoms with Crippen molar-refractivity contribution in [2.24, 2.45) is 5.92 Å². The third-order valence-electron chi connectivity index (χ3n) is 3.19. The average Bonchev–Trinajstić information content (AvgIpc) is 3.06. The minimum Gasteiger partial charge on any atom is -0.480 e. The van der Waals surface area contributed by atoms with E-state index in [1.807, 2.05) is 0 Å². The largest absolute Gasteiger partial charge is 0.480 e. The SMILES string of the molecule is CC(NC(=O)NCCCS(C)(=O)=O)(C(=O)O)C1CC1. The summed E-state index contributed by atoms with van der Waals surface area (Å²) in [5.74, 6) is -1.10. The maximum atomic E-state index is 11.6. The minimum atomic E-state index is -3.04. The van der Waals surface area contributed by atoms with Crippen molar-refractivity contribution < 1.29 is 23.1 Å². The van der Waals surface area contributed by atoms with Crippen LogP contribution in [0.5, 0.6) is 0 Å². The Bertz CT molecular complexity index is 458. The number of amides is 2. The molecular formula is C11H20N2O5S. The summed E-state index contributed by atoms with van der Waals surface area (Å²) < 4.78 is 21.8. The molecule has 1 unspecified atom stereocenters. The molecule has 1 aliphatic rings. The molecule has 0 spiro atoms. The average molecular weight is 292 g/mol. The Kier molecular flexibility index (Phi) is 4.78. The number of rotatable bonds is 7. The zero-order chi connectivity index (χ0) is 14.7. The molecule has 1 saturated carbocycles. The lowest BCUT2D eigenvalue weighted by molar-refractivity contribution is -0.144. The molecule has 0 aromatic rings. The number of carbonyl (C=O) groups is 2. The van der Waals surface area contributed by atoms with E-state index in [0.29, 0.717) is 6.42 Å². The van der Waals surface area contributed by atoms with Crippen molar-refractivity contribution in [1.82, 2.24) is 10.6 Å². The molecule has 0 bridgehead atoms. The topological polar surface area (TPSA) is 113 Å². The maximum Gasteiger partial charge on any atom is 0.329 e. The first-order chi connectivity index (χ1) is 8.65. The quantitative estimate of drug-likeness (QED) is 0.571. The fourth-order valence-corrected chi connectivity index (χ4v) is 2.48. The highest BCUT2D eigenvalue weighted by Gasteiger charge is 2.48. The predicted octanol–water partition coefficient (Wildman–Crippen LogP) is -0.0264. The predicted molar refractivity (Wildman–Crippen MR) is 69.6 cm³/mol. The van der Waals surface area contributed by atoms with Crippen LogP contribution in [0.4, 0.5) is 4.79 Å². The van der Waals surface area contributed by atoms with E-state index >= 15 is 0 Å². The molecule has 110 valence electrons. The highest BCUT2D eigenvalue weighted by molar-refractivity contribution is 7.90. The molecule has 1 atom stereocenters. The lowest BCUT2D eigenvalue weighted by Gasteiger charge is -2.26. The van der Waals surface area contributed by atoms with Gasteiger partial charge in [0.05, 0.1) is 5.75 Å². The molecule has 8 heteroatoms. The van der Waals surface area contributed by atoms with Gasteiger partial charge in [0, 0.05) is 12.8 Å². The van der Waals surface area contributed by atoms with Crippen LogP contribution < -0.4 is 10.6 Å². The van der Waals surface area contributed by atoms with Crippen LogP contribution in [0.25, 0.3) is 0 Å². The van der Waals surface area contributed by atoms with Crippen molar-refractivity contribution in [3.8, 4) is 0 Å². The van der Waals surface area contributed by atoms with Crippen molar-refractivity contribution >= 4 is 21.8 Å². The highest BCUT2D eigenvalue weighted by Crippen LogP contribution is 2.39. The lowest BCUT2D eigenvalue weighted by atomic mass is 9.96. The minimum absolute atomic E-state index is 0.00783. The number of aliphatic carboxylic acids is 1. The fraction of sp³-hybridized carbons (Fsp3) is 0.818. The Morgan fingerprint density at radius 3 is 2.37 bits per heavy atom. The van der Waals surface area contributed by atoms with Crippen molar-refractivity contribution in [3.63, 3.8) is 0 Å². The molecule has 1 aliphatic carbocycles. The van der Waals surface area contributed by atoms with Gasteiger partial charge in [0.1, 0.15) is 15.4 Å². The van der Waals surface area contributed by atoms with E-state index in [1.54, 1.807) is 0 Å². The second-order valence-electron chi connectivity index (χ2n) is 5.15. The summed E-state index contributed by atoms with van der Waals surface area (Å²) >= 11 is 0. The van der Waals surface area contributed by atoms with Crippen molar-refractivity contribution in [3.05, 3.63) is 0 Å². The molecule has 2 amide bonds. The van der Waals surface area contributed by atoms with E-state index in [9.17, 15) is 18.0 Å². The number of sulfone groups is 1. The Hall–Kier alpha value is -1.31. The number of carbonyl (C=O) groups excluding carboxylic acids is 1. The number of carboxylic acid groups (broad SMARTS) is 1. The van der Waals surface area contributed by atoms with Gasteiger partial charge in [0.25, 0.3) is 0 Å². The zero-order valence-electron chi connectivity index (χ0n) is 11.1. The van der Waals surface area contributed by atoms with Crippen molar-refractivity contribution in [2.75, 3.05) is 18.6 Å². The number of urea groups is 1. The summed E-state index contributed by atoms with van der Waals surface area (Å²) in [6, 6.07) is -0.578. The van der Waals surface area contributed by atoms with Crippen LogP contribution in [0.15, 0.2) is 0 Å². The van der Waals surface area contributed by atoms with E-state index in [2.05, 4.69) is 10.6 Å². The Balaban J connectivity index is 2.36. The van der Waals surface area contributed by atoms with Gasteiger partial charge in [0.2, 0.25) is 0 Å². The monoisotopic (exact) mass is 292 g/mol. The summed E-state index contributed by atoms with van der Waals surface area (Å²) in [6.45, 7) is 1.68. The van der Waals surface area contributed by atoms with Crippen molar-refractivity contribution in [2.45, 2.75) is 31.7 Å². The maximum absolute atomic E-state index is 11.6. The number of nitrogens with one attached hydrogen (secondary N) is 2. The molecular weight excluding hydrogens is 272 g/mol. The van der Waals surface area contributed by atoms with E-state index < -0.39 is 27.4 Å². The summed E-state index contributed by atoms with van der Waals surface area (Å²) in [5.41, 5.74) is -1.25. The normalized spacial score (nSPS) is 18.4. The van der Waals surface area contributed by atoms with Crippen molar-refractivity contribution in [1.29, 1.82) is 0 Å². The lowest BCUT2D eigenvalue weighted by Crippen LogP contribution is -2.56. The van der Waals surface area contributed by atoms with E-state index in [0.717, 1.165) is 19.1 Å². The van der Waals surface area contributed by atoms with Gasteiger partial charge in [-0.1, -0.05) is 0 Å².